The largest absolute Gasteiger partial charge is 0.330 e. The number of nitrogens with zero attached hydrogens (tertiary/aromatic N) is 3. The second-order valence-electron chi connectivity index (χ2n) is 4.65. The lowest BCUT2D eigenvalue weighted by Crippen LogP contribution is -2.07. The van der Waals surface area contributed by atoms with Gasteiger partial charge in [-0.3, -0.25) is 4.68 Å². The first-order chi connectivity index (χ1) is 9.54. The van der Waals surface area contributed by atoms with Crippen LogP contribution in [-0.2, 0) is 13.1 Å². The summed E-state index contributed by atoms with van der Waals surface area (Å²) in [5, 5.41) is 4.32. The van der Waals surface area contributed by atoms with Crippen molar-refractivity contribution in [2.75, 3.05) is 0 Å². The number of imidazole rings is 1. The fraction of sp³-hybridized carbons (Fsp3) is 0.231. The lowest BCUT2D eigenvalue weighted by atomic mass is 10.3. The molecule has 1 aromatic carbocycles. The third-order valence-electron chi connectivity index (χ3n) is 3.13. The van der Waals surface area contributed by atoms with Gasteiger partial charge in [0.1, 0.15) is 5.82 Å². The zero-order valence-corrected chi connectivity index (χ0v) is 12.3. The molecule has 0 saturated carbocycles. The van der Waals surface area contributed by atoms with Crippen LogP contribution < -0.4 is 0 Å². The van der Waals surface area contributed by atoms with Gasteiger partial charge in [-0.15, -0.1) is 0 Å². The van der Waals surface area contributed by atoms with Gasteiger partial charge in [-0.05, 0) is 30.8 Å². The predicted octanol–water partition coefficient (Wildman–Crippen LogP) is 3.70. The molecule has 2 heterocycles. The summed E-state index contributed by atoms with van der Waals surface area (Å²) < 4.78 is 17.7. The van der Waals surface area contributed by atoms with E-state index in [4.69, 9.17) is 23.8 Å². The number of hydrogen-bond acceptors (Lipinski definition) is 2. The SMILES string of the molecule is Cc1cnn(CCn2c(=S)[nH]c3cc(F)c(Cl)cc32)c1. The molecule has 0 atom stereocenters. The molecular formula is C13H12ClFN4S. The van der Waals surface area contributed by atoms with Crippen LogP contribution in [0.25, 0.3) is 11.0 Å². The van der Waals surface area contributed by atoms with E-state index in [0.717, 1.165) is 11.1 Å². The molecule has 0 spiro atoms. The lowest BCUT2D eigenvalue weighted by Gasteiger charge is -2.05. The molecule has 0 bridgehead atoms. The van der Waals surface area contributed by atoms with Gasteiger partial charge in [0.15, 0.2) is 4.77 Å². The number of halogens is 2. The molecule has 0 fully saturated rings. The Labute approximate surface area is 124 Å². The number of hydrogen-bond donors (Lipinski definition) is 1. The lowest BCUT2D eigenvalue weighted by molar-refractivity contribution is 0.537. The molecule has 2 aromatic heterocycles. The minimum atomic E-state index is -0.453. The van der Waals surface area contributed by atoms with Crippen LogP contribution in [0.4, 0.5) is 4.39 Å². The van der Waals surface area contributed by atoms with E-state index in [9.17, 15) is 4.39 Å². The molecular weight excluding hydrogens is 299 g/mol. The van der Waals surface area contributed by atoms with Crippen molar-refractivity contribution >= 4 is 34.9 Å². The second-order valence-corrected chi connectivity index (χ2v) is 5.44. The van der Waals surface area contributed by atoms with Crippen molar-refractivity contribution in [3.63, 3.8) is 0 Å². The van der Waals surface area contributed by atoms with Crippen molar-refractivity contribution in [2.24, 2.45) is 0 Å². The highest BCUT2D eigenvalue weighted by Crippen LogP contribution is 2.22. The summed E-state index contributed by atoms with van der Waals surface area (Å²) in [5.74, 6) is -0.453. The normalized spacial score (nSPS) is 11.3. The molecule has 1 N–H and O–H groups in total. The Bertz CT molecular complexity index is 833. The number of aromatic nitrogens is 4. The molecule has 7 heteroatoms. The topological polar surface area (TPSA) is 38.5 Å². The van der Waals surface area contributed by atoms with Crippen molar-refractivity contribution in [3.05, 3.63) is 45.7 Å². The van der Waals surface area contributed by atoms with Crippen LogP contribution >= 0.6 is 23.8 Å². The number of rotatable bonds is 3. The van der Waals surface area contributed by atoms with E-state index in [2.05, 4.69) is 10.1 Å². The van der Waals surface area contributed by atoms with E-state index < -0.39 is 5.82 Å². The molecule has 0 aliphatic carbocycles. The number of H-pyrrole nitrogens is 1. The number of benzene rings is 1. The van der Waals surface area contributed by atoms with Crippen LogP contribution in [0.1, 0.15) is 5.56 Å². The summed E-state index contributed by atoms with van der Waals surface area (Å²) in [4.78, 5) is 2.99. The minimum Gasteiger partial charge on any atom is -0.330 e. The standard InChI is InChI=1S/C13H12ClFN4S/c1-8-6-16-18(7-8)2-3-19-12-4-9(14)10(15)5-11(12)17-13(19)20/h4-7H,2-3H2,1H3,(H,17,20). The van der Waals surface area contributed by atoms with Crippen molar-refractivity contribution in [1.82, 2.24) is 19.3 Å². The Morgan fingerprint density at radius 3 is 2.90 bits per heavy atom. The van der Waals surface area contributed by atoms with Gasteiger partial charge in [-0.2, -0.15) is 5.10 Å². The number of fused-ring (bicyclic) bond motifs is 1. The Kier molecular flexibility index (Phi) is 3.35. The first-order valence-electron chi connectivity index (χ1n) is 6.11. The van der Waals surface area contributed by atoms with Gasteiger partial charge in [0.05, 0.1) is 28.8 Å². The zero-order valence-electron chi connectivity index (χ0n) is 10.7. The fourth-order valence-electron chi connectivity index (χ4n) is 2.17. The Morgan fingerprint density at radius 2 is 2.20 bits per heavy atom. The molecule has 0 saturated heterocycles. The first kappa shape index (κ1) is 13.3. The van der Waals surface area contributed by atoms with Crippen LogP contribution in [0, 0.1) is 17.5 Å². The van der Waals surface area contributed by atoms with Crippen LogP contribution in [0.15, 0.2) is 24.5 Å². The van der Waals surface area contributed by atoms with Crippen molar-refractivity contribution in [2.45, 2.75) is 20.0 Å². The van der Waals surface area contributed by atoms with Crippen molar-refractivity contribution in [1.29, 1.82) is 0 Å². The maximum atomic E-state index is 13.4. The van der Waals surface area contributed by atoms with Crippen LogP contribution in [0.5, 0.6) is 0 Å². The maximum absolute atomic E-state index is 13.4. The summed E-state index contributed by atoms with van der Waals surface area (Å²) in [5.41, 5.74) is 2.55. The second kappa shape index (κ2) is 5.03. The highest BCUT2D eigenvalue weighted by Gasteiger charge is 2.09. The Hall–Kier alpha value is -1.66. The van der Waals surface area contributed by atoms with E-state index in [0.29, 0.717) is 23.4 Å². The quantitative estimate of drug-likeness (QED) is 0.749. The molecule has 0 unspecified atom stereocenters. The predicted molar refractivity (Wildman–Crippen MR) is 79.1 cm³/mol. The zero-order chi connectivity index (χ0) is 14.3. The van der Waals surface area contributed by atoms with Crippen molar-refractivity contribution in [3.8, 4) is 0 Å². The van der Waals surface area contributed by atoms with Gasteiger partial charge in [-0.1, -0.05) is 11.6 Å². The summed E-state index contributed by atoms with van der Waals surface area (Å²) in [6, 6.07) is 2.95. The van der Waals surface area contributed by atoms with Crippen LogP contribution in [0.3, 0.4) is 0 Å². The highest BCUT2D eigenvalue weighted by molar-refractivity contribution is 7.71. The summed E-state index contributed by atoms with van der Waals surface area (Å²) >= 11 is 11.1. The summed E-state index contributed by atoms with van der Waals surface area (Å²) in [7, 11) is 0. The molecule has 3 aromatic rings. The maximum Gasteiger partial charge on any atom is 0.178 e. The average molecular weight is 311 g/mol. The fourth-order valence-corrected chi connectivity index (χ4v) is 2.62. The van der Waals surface area contributed by atoms with E-state index in [1.54, 1.807) is 12.3 Å². The Balaban J connectivity index is 1.96. The van der Waals surface area contributed by atoms with E-state index in [1.165, 1.54) is 6.07 Å². The van der Waals surface area contributed by atoms with E-state index >= 15 is 0 Å². The molecule has 0 amide bonds. The van der Waals surface area contributed by atoms with Gasteiger partial charge in [0.2, 0.25) is 0 Å². The van der Waals surface area contributed by atoms with Crippen LogP contribution in [0.2, 0.25) is 5.02 Å². The summed E-state index contributed by atoms with van der Waals surface area (Å²) in [6.07, 6.45) is 3.77. The number of nitrogens with one attached hydrogen (secondary N) is 1. The molecule has 0 aliphatic heterocycles. The van der Waals surface area contributed by atoms with Gasteiger partial charge >= 0.3 is 0 Å². The molecule has 4 nitrogen and oxygen atoms in total. The van der Waals surface area contributed by atoms with Gasteiger partial charge in [-0.25, -0.2) is 4.39 Å². The Morgan fingerprint density at radius 1 is 1.40 bits per heavy atom. The number of aryl methyl sites for hydroxylation is 3. The first-order valence-corrected chi connectivity index (χ1v) is 6.90. The smallest absolute Gasteiger partial charge is 0.178 e. The van der Waals surface area contributed by atoms with Gasteiger partial charge in [0, 0.05) is 18.8 Å². The van der Waals surface area contributed by atoms with Crippen LogP contribution in [-0.4, -0.2) is 19.3 Å². The van der Waals surface area contributed by atoms with E-state index in [-0.39, 0.29) is 5.02 Å². The summed E-state index contributed by atoms with van der Waals surface area (Å²) in [6.45, 7) is 3.31. The molecule has 0 aliphatic rings. The minimum absolute atomic E-state index is 0.0928. The third kappa shape index (κ3) is 2.36. The van der Waals surface area contributed by atoms with Gasteiger partial charge in [0.25, 0.3) is 0 Å². The highest BCUT2D eigenvalue weighted by atomic mass is 35.5. The van der Waals surface area contributed by atoms with E-state index in [1.807, 2.05) is 22.4 Å². The molecule has 3 rings (SSSR count). The molecule has 104 valence electrons. The third-order valence-corrected chi connectivity index (χ3v) is 3.74. The number of aromatic amines is 1. The monoisotopic (exact) mass is 310 g/mol. The van der Waals surface area contributed by atoms with Crippen molar-refractivity contribution < 1.29 is 4.39 Å². The van der Waals surface area contributed by atoms with Gasteiger partial charge < -0.3 is 9.55 Å². The molecule has 20 heavy (non-hydrogen) atoms. The molecule has 0 radical (unpaired) electrons. The average Bonchev–Trinajstić information content (AvgIpc) is 2.92.